The van der Waals surface area contributed by atoms with Crippen molar-refractivity contribution < 1.29 is 13.9 Å². The number of fused-ring (bicyclic) bond motifs is 1. The molecule has 0 aliphatic carbocycles. The number of nitrogens with zero attached hydrogens (tertiary/aromatic N) is 1. The van der Waals surface area contributed by atoms with E-state index in [0.29, 0.717) is 24.0 Å². The summed E-state index contributed by atoms with van der Waals surface area (Å²) in [6.45, 7) is 11.3. The fraction of sp³-hybridized carbons (Fsp3) is 0.531. The zero-order chi connectivity index (χ0) is 26.0. The van der Waals surface area contributed by atoms with Crippen molar-refractivity contribution in [1.82, 2.24) is 4.90 Å². The van der Waals surface area contributed by atoms with Gasteiger partial charge in [0.1, 0.15) is 22.8 Å². The van der Waals surface area contributed by atoms with E-state index in [1.807, 2.05) is 24.3 Å². The Balaban J connectivity index is 1.21. The third-order valence-electron chi connectivity index (χ3n) is 7.49. The fourth-order valence-corrected chi connectivity index (χ4v) is 5.16. The summed E-state index contributed by atoms with van der Waals surface area (Å²) in [6, 6.07) is 14.7. The third kappa shape index (κ3) is 7.38. The summed E-state index contributed by atoms with van der Waals surface area (Å²) in [6.07, 6.45) is 8.52. The highest BCUT2D eigenvalue weighted by atomic mass is 16.5. The average molecular weight is 505 g/mol. The lowest BCUT2D eigenvalue weighted by atomic mass is 9.88. The second-order valence-corrected chi connectivity index (χ2v) is 10.4. The predicted octanol–water partition coefficient (Wildman–Crippen LogP) is 8.13. The summed E-state index contributed by atoms with van der Waals surface area (Å²) < 4.78 is 18.0. The molecule has 1 saturated heterocycles. The smallest absolute Gasteiger partial charge is 0.149 e. The van der Waals surface area contributed by atoms with Gasteiger partial charge in [0.2, 0.25) is 0 Å². The van der Waals surface area contributed by atoms with Crippen molar-refractivity contribution >= 4 is 16.7 Å². The predicted molar refractivity (Wildman–Crippen MR) is 153 cm³/mol. The molecule has 37 heavy (non-hydrogen) atoms. The molecule has 1 N–H and O–H groups in total. The molecule has 2 heterocycles. The quantitative estimate of drug-likeness (QED) is 0.178. The molecule has 1 aliphatic rings. The lowest BCUT2D eigenvalue weighted by Gasteiger charge is -2.32. The summed E-state index contributed by atoms with van der Waals surface area (Å²) in [5.41, 5.74) is 4.08. The first-order chi connectivity index (χ1) is 18.1. The van der Waals surface area contributed by atoms with Gasteiger partial charge >= 0.3 is 0 Å². The Hall–Kier alpha value is -2.79. The Morgan fingerprint density at radius 1 is 0.946 bits per heavy atom. The maximum absolute atomic E-state index is 8.29. The second kappa shape index (κ2) is 13.7. The van der Waals surface area contributed by atoms with E-state index < -0.39 is 0 Å². The maximum Gasteiger partial charge on any atom is 0.149 e. The number of nitrogens with one attached hydrogen (secondary N) is 1. The molecular weight excluding hydrogens is 460 g/mol. The van der Waals surface area contributed by atoms with Crippen LogP contribution in [0.1, 0.15) is 88.0 Å². The largest absolute Gasteiger partial charge is 0.493 e. The molecule has 0 amide bonds. The lowest BCUT2D eigenvalue weighted by molar-refractivity contribution is 0.193. The number of benzene rings is 2. The molecule has 0 atom stereocenters. The fourth-order valence-electron chi connectivity index (χ4n) is 5.16. The molecule has 0 unspecified atom stereocenters. The van der Waals surface area contributed by atoms with Crippen molar-refractivity contribution in [3.8, 4) is 11.5 Å². The van der Waals surface area contributed by atoms with Crippen LogP contribution in [0.4, 0.5) is 0 Å². The number of rotatable bonds is 14. The van der Waals surface area contributed by atoms with Crippen molar-refractivity contribution in [3.05, 3.63) is 59.4 Å². The molecule has 4 rings (SSSR count). The van der Waals surface area contributed by atoms with Crippen LogP contribution in [0, 0.1) is 12.3 Å². The third-order valence-corrected chi connectivity index (χ3v) is 7.49. The second-order valence-electron chi connectivity index (χ2n) is 10.4. The number of piperidine rings is 1. The van der Waals surface area contributed by atoms with Crippen LogP contribution in [0.2, 0.25) is 0 Å². The maximum atomic E-state index is 8.29. The highest BCUT2D eigenvalue weighted by Crippen LogP contribution is 2.32. The minimum atomic E-state index is 0.568. The van der Waals surface area contributed by atoms with Crippen molar-refractivity contribution in [2.24, 2.45) is 0 Å². The molecule has 200 valence electrons. The van der Waals surface area contributed by atoms with Gasteiger partial charge in [-0.05, 0) is 99.8 Å². The van der Waals surface area contributed by atoms with Gasteiger partial charge in [0, 0.05) is 6.54 Å². The number of aryl methyl sites for hydroxylation is 1. The number of likely N-dealkylation sites (tertiary alicyclic amines) is 1. The van der Waals surface area contributed by atoms with Crippen molar-refractivity contribution in [2.75, 3.05) is 32.8 Å². The van der Waals surface area contributed by atoms with E-state index in [1.54, 1.807) is 0 Å². The van der Waals surface area contributed by atoms with Crippen LogP contribution in [-0.4, -0.2) is 43.5 Å². The number of ether oxygens (including phenoxy) is 2. The zero-order valence-electron chi connectivity index (χ0n) is 23.0. The topological polar surface area (TPSA) is 58.7 Å². The summed E-state index contributed by atoms with van der Waals surface area (Å²) >= 11 is 0. The number of unbranched alkanes of at least 4 members (excludes halogenated alkanes) is 2. The van der Waals surface area contributed by atoms with Crippen LogP contribution >= 0.6 is 0 Å². The molecule has 1 fully saturated rings. The average Bonchev–Trinajstić information content (AvgIpc) is 3.36. The van der Waals surface area contributed by atoms with Crippen LogP contribution in [0.3, 0.4) is 0 Å². The first-order valence-electron chi connectivity index (χ1n) is 14.3. The van der Waals surface area contributed by atoms with Gasteiger partial charge < -0.3 is 24.2 Å². The Labute approximate surface area is 222 Å². The van der Waals surface area contributed by atoms with Crippen molar-refractivity contribution in [2.45, 2.75) is 78.1 Å². The van der Waals surface area contributed by atoms with Crippen LogP contribution in [-0.2, 0) is 0 Å². The first kappa shape index (κ1) is 27.3. The molecule has 5 nitrogen and oxygen atoms in total. The minimum Gasteiger partial charge on any atom is -0.493 e. The van der Waals surface area contributed by atoms with Gasteiger partial charge in [0.25, 0.3) is 0 Å². The van der Waals surface area contributed by atoms with E-state index in [1.165, 1.54) is 24.0 Å². The van der Waals surface area contributed by atoms with Crippen molar-refractivity contribution in [1.29, 1.82) is 5.41 Å². The summed E-state index contributed by atoms with van der Waals surface area (Å²) in [4.78, 5) is 2.57. The molecule has 3 aromatic rings. The molecule has 1 aromatic heterocycles. The van der Waals surface area contributed by atoms with Crippen molar-refractivity contribution in [3.63, 3.8) is 0 Å². The molecule has 2 aromatic carbocycles. The molecule has 0 radical (unpaired) electrons. The standard InChI is InChI=1S/C32H44N2O3/c1-4-6-10-28(33)32-23-27-30(11-8-12-31(27)37-32)36-21-9-17-34-18-15-25(16-19-34)26-13-14-29(24(3)22-26)35-20-7-5-2/h8,11-14,22-23,25,33H,4-7,9-10,15-21H2,1-3H3. The summed E-state index contributed by atoms with van der Waals surface area (Å²) in [5, 5.41) is 9.26. The van der Waals surface area contributed by atoms with Gasteiger partial charge in [-0.25, -0.2) is 0 Å². The van der Waals surface area contributed by atoms with Crippen LogP contribution in [0.15, 0.2) is 46.9 Å². The Kier molecular flexibility index (Phi) is 10.1. The van der Waals surface area contributed by atoms with E-state index in [0.717, 1.165) is 87.2 Å². The summed E-state index contributed by atoms with van der Waals surface area (Å²) in [5.74, 6) is 3.19. The lowest BCUT2D eigenvalue weighted by Crippen LogP contribution is -2.34. The highest BCUT2D eigenvalue weighted by Gasteiger charge is 2.21. The normalized spacial score (nSPS) is 14.8. The van der Waals surface area contributed by atoms with E-state index in [-0.39, 0.29) is 0 Å². The van der Waals surface area contributed by atoms with Gasteiger partial charge in [0.05, 0.1) is 24.3 Å². The number of hydrogen-bond donors (Lipinski definition) is 1. The van der Waals surface area contributed by atoms with Gasteiger partial charge in [-0.15, -0.1) is 0 Å². The SMILES string of the molecule is CCCCOc1ccc(C2CCN(CCCOc3cccc4oc(C(=N)CCCC)cc34)CC2)cc1C. The molecule has 0 bridgehead atoms. The molecule has 0 spiro atoms. The Morgan fingerprint density at radius 3 is 2.46 bits per heavy atom. The van der Waals surface area contributed by atoms with Gasteiger partial charge in [-0.2, -0.15) is 0 Å². The molecule has 1 aliphatic heterocycles. The first-order valence-corrected chi connectivity index (χ1v) is 14.3. The highest BCUT2D eigenvalue weighted by molar-refractivity contribution is 6.00. The van der Waals surface area contributed by atoms with E-state index in [2.05, 4.69) is 43.9 Å². The Morgan fingerprint density at radius 2 is 1.70 bits per heavy atom. The Bertz CT molecular complexity index is 1140. The zero-order valence-corrected chi connectivity index (χ0v) is 23.0. The van der Waals surface area contributed by atoms with Crippen LogP contribution in [0.5, 0.6) is 11.5 Å². The molecule has 5 heteroatoms. The molecular formula is C32H44N2O3. The van der Waals surface area contributed by atoms with E-state index in [4.69, 9.17) is 19.3 Å². The summed E-state index contributed by atoms with van der Waals surface area (Å²) in [7, 11) is 0. The number of furan rings is 1. The van der Waals surface area contributed by atoms with E-state index in [9.17, 15) is 0 Å². The van der Waals surface area contributed by atoms with E-state index >= 15 is 0 Å². The van der Waals surface area contributed by atoms with Gasteiger partial charge in [0.15, 0.2) is 0 Å². The van der Waals surface area contributed by atoms with Gasteiger partial charge in [-0.1, -0.05) is 44.9 Å². The van der Waals surface area contributed by atoms with Crippen LogP contribution < -0.4 is 9.47 Å². The number of hydrogen-bond acceptors (Lipinski definition) is 5. The minimum absolute atomic E-state index is 0.568. The monoisotopic (exact) mass is 504 g/mol. The molecule has 0 saturated carbocycles. The van der Waals surface area contributed by atoms with Gasteiger partial charge in [-0.3, -0.25) is 0 Å². The van der Waals surface area contributed by atoms with Crippen LogP contribution in [0.25, 0.3) is 11.0 Å².